The summed E-state index contributed by atoms with van der Waals surface area (Å²) in [7, 11) is 1.75. The van der Waals surface area contributed by atoms with Gasteiger partial charge in [0.2, 0.25) is 0 Å². The quantitative estimate of drug-likeness (QED) is 0.883. The van der Waals surface area contributed by atoms with E-state index in [2.05, 4.69) is 5.10 Å². The van der Waals surface area contributed by atoms with Gasteiger partial charge in [0, 0.05) is 12.8 Å². The predicted molar refractivity (Wildman–Crippen MR) is 63.9 cm³/mol. The minimum absolute atomic E-state index is 0.263. The Morgan fingerprint density at radius 2 is 2.41 bits per heavy atom. The fraction of sp³-hybridized carbons (Fsp3) is 0.273. The number of furan rings is 1. The molecule has 0 radical (unpaired) electrons. The standard InChI is InChI=1S/C11H12N2O3S/c1-13-10(9(5-12-13)11(14)15)7-17-6-8-3-2-4-16-8/h2-5H,6-7H2,1H3,(H,14,15). The Bertz CT molecular complexity index is 505. The molecule has 0 aliphatic rings. The average molecular weight is 252 g/mol. The molecule has 0 spiro atoms. The summed E-state index contributed by atoms with van der Waals surface area (Å²) < 4.78 is 6.80. The molecule has 2 aromatic heterocycles. The van der Waals surface area contributed by atoms with Crippen molar-refractivity contribution >= 4 is 17.7 Å². The second-order valence-electron chi connectivity index (χ2n) is 3.51. The Labute approximate surface area is 102 Å². The van der Waals surface area contributed by atoms with Crippen molar-refractivity contribution in [1.29, 1.82) is 0 Å². The van der Waals surface area contributed by atoms with Crippen molar-refractivity contribution in [1.82, 2.24) is 9.78 Å². The van der Waals surface area contributed by atoms with Crippen molar-refractivity contribution in [2.45, 2.75) is 11.5 Å². The van der Waals surface area contributed by atoms with E-state index >= 15 is 0 Å². The zero-order valence-corrected chi connectivity index (χ0v) is 10.1. The molecule has 90 valence electrons. The normalized spacial score (nSPS) is 10.6. The second-order valence-corrected chi connectivity index (χ2v) is 4.49. The van der Waals surface area contributed by atoms with Gasteiger partial charge in [-0.1, -0.05) is 0 Å². The van der Waals surface area contributed by atoms with Gasteiger partial charge in [0.15, 0.2) is 0 Å². The Morgan fingerprint density at radius 3 is 3.06 bits per heavy atom. The van der Waals surface area contributed by atoms with Gasteiger partial charge in [-0.05, 0) is 12.1 Å². The summed E-state index contributed by atoms with van der Waals surface area (Å²) in [6, 6.07) is 3.73. The highest BCUT2D eigenvalue weighted by molar-refractivity contribution is 7.97. The zero-order valence-electron chi connectivity index (χ0n) is 9.29. The van der Waals surface area contributed by atoms with E-state index in [1.165, 1.54) is 6.20 Å². The maximum atomic E-state index is 10.9. The molecule has 0 atom stereocenters. The lowest BCUT2D eigenvalue weighted by Crippen LogP contribution is -2.03. The molecule has 0 unspecified atom stereocenters. The number of carboxylic acids is 1. The van der Waals surface area contributed by atoms with Crippen LogP contribution in [0.15, 0.2) is 29.0 Å². The Balaban J connectivity index is 1.99. The monoisotopic (exact) mass is 252 g/mol. The van der Waals surface area contributed by atoms with E-state index in [0.29, 0.717) is 11.4 Å². The van der Waals surface area contributed by atoms with E-state index < -0.39 is 5.97 Å². The van der Waals surface area contributed by atoms with E-state index in [1.54, 1.807) is 29.8 Å². The van der Waals surface area contributed by atoms with Gasteiger partial charge in [-0.25, -0.2) is 4.79 Å². The number of hydrogen-bond acceptors (Lipinski definition) is 4. The van der Waals surface area contributed by atoms with Gasteiger partial charge in [0.1, 0.15) is 11.3 Å². The fourth-order valence-corrected chi connectivity index (χ4v) is 2.46. The van der Waals surface area contributed by atoms with E-state index in [1.807, 2.05) is 12.1 Å². The average Bonchev–Trinajstić information content (AvgIpc) is 2.89. The first kappa shape index (κ1) is 11.8. The number of aromatic carboxylic acids is 1. The highest BCUT2D eigenvalue weighted by Crippen LogP contribution is 2.20. The van der Waals surface area contributed by atoms with Crippen LogP contribution in [0.5, 0.6) is 0 Å². The summed E-state index contributed by atoms with van der Waals surface area (Å²) in [5.74, 6) is 1.26. The third-order valence-corrected chi connectivity index (χ3v) is 3.32. The van der Waals surface area contributed by atoms with E-state index in [-0.39, 0.29) is 5.56 Å². The maximum Gasteiger partial charge on any atom is 0.339 e. The molecule has 0 aliphatic heterocycles. The van der Waals surface area contributed by atoms with Crippen molar-refractivity contribution in [2.24, 2.45) is 7.05 Å². The molecule has 5 nitrogen and oxygen atoms in total. The van der Waals surface area contributed by atoms with Crippen molar-refractivity contribution < 1.29 is 14.3 Å². The lowest BCUT2D eigenvalue weighted by atomic mass is 10.3. The number of aromatic nitrogens is 2. The SMILES string of the molecule is Cn1ncc(C(=O)O)c1CSCc1ccco1. The maximum absolute atomic E-state index is 10.9. The molecular weight excluding hydrogens is 240 g/mol. The van der Waals surface area contributed by atoms with Crippen molar-refractivity contribution in [3.8, 4) is 0 Å². The van der Waals surface area contributed by atoms with Crippen LogP contribution < -0.4 is 0 Å². The number of hydrogen-bond donors (Lipinski definition) is 1. The molecular formula is C11H12N2O3S. The lowest BCUT2D eigenvalue weighted by molar-refractivity contribution is 0.0696. The van der Waals surface area contributed by atoms with E-state index in [4.69, 9.17) is 9.52 Å². The minimum Gasteiger partial charge on any atom is -0.478 e. The number of carboxylic acid groups (broad SMARTS) is 1. The van der Waals surface area contributed by atoms with Gasteiger partial charge in [-0.3, -0.25) is 4.68 Å². The lowest BCUT2D eigenvalue weighted by Gasteiger charge is -2.02. The van der Waals surface area contributed by atoms with Crippen molar-refractivity contribution in [2.75, 3.05) is 0 Å². The number of aryl methyl sites for hydroxylation is 1. The molecule has 2 aromatic rings. The highest BCUT2D eigenvalue weighted by atomic mass is 32.2. The molecule has 0 bridgehead atoms. The van der Waals surface area contributed by atoms with Crippen LogP contribution in [0.25, 0.3) is 0 Å². The summed E-state index contributed by atoms with van der Waals surface area (Å²) in [6.07, 6.45) is 3.01. The number of carbonyl (C=O) groups is 1. The molecule has 1 N–H and O–H groups in total. The summed E-state index contributed by atoms with van der Waals surface area (Å²) in [5.41, 5.74) is 0.980. The van der Waals surface area contributed by atoms with E-state index in [0.717, 1.165) is 11.5 Å². The highest BCUT2D eigenvalue weighted by Gasteiger charge is 2.14. The Hall–Kier alpha value is -1.69. The third-order valence-electron chi connectivity index (χ3n) is 2.36. The van der Waals surface area contributed by atoms with Crippen molar-refractivity contribution in [3.63, 3.8) is 0 Å². The van der Waals surface area contributed by atoms with Crippen LogP contribution in [0.1, 0.15) is 21.8 Å². The minimum atomic E-state index is -0.938. The molecule has 0 saturated heterocycles. The van der Waals surface area contributed by atoms with Gasteiger partial charge in [0.05, 0.1) is 23.9 Å². The molecule has 17 heavy (non-hydrogen) atoms. The molecule has 0 fully saturated rings. The van der Waals surface area contributed by atoms with Gasteiger partial charge < -0.3 is 9.52 Å². The molecule has 2 rings (SSSR count). The second kappa shape index (κ2) is 5.09. The number of thioether (sulfide) groups is 1. The van der Waals surface area contributed by atoms with Crippen LogP contribution in [-0.2, 0) is 18.6 Å². The first-order chi connectivity index (χ1) is 8.18. The predicted octanol–water partition coefficient (Wildman–Crippen LogP) is 2.14. The third kappa shape index (κ3) is 2.71. The van der Waals surface area contributed by atoms with Crippen LogP contribution in [0.4, 0.5) is 0 Å². The van der Waals surface area contributed by atoms with E-state index in [9.17, 15) is 4.79 Å². The molecule has 0 aromatic carbocycles. The summed E-state index contributed by atoms with van der Waals surface area (Å²) in [6.45, 7) is 0. The largest absolute Gasteiger partial charge is 0.478 e. The number of nitrogens with zero attached hydrogens (tertiary/aromatic N) is 2. The Kier molecular flexibility index (Phi) is 3.53. The van der Waals surface area contributed by atoms with Gasteiger partial charge in [-0.15, -0.1) is 11.8 Å². The first-order valence-corrected chi connectivity index (χ1v) is 6.18. The topological polar surface area (TPSA) is 68.3 Å². The molecule has 0 saturated carbocycles. The van der Waals surface area contributed by atoms with Gasteiger partial charge in [0.25, 0.3) is 0 Å². The fourth-order valence-electron chi connectivity index (χ4n) is 1.46. The van der Waals surface area contributed by atoms with Crippen molar-refractivity contribution in [3.05, 3.63) is 41.6 Å². The van der Waals surface area contributed by atoms with Crippen LogP contribution in [0, 0.1) is 0 Å². The van der Waals surface area contributed by atoms with Crippen LogP contribution in [0.3, 0.4) is 0 Å². The van der Waals surface area contributed by atoms with Crippen LogP contribution >= 0.6 is 11.8 Å². The Morgan fingerprint density at radius 1 is 1.59 bits per heavy atom. The summed E-state index contributed by atoms with van der Waals surface area (Å²) in [5, 5.41) is 12.9. The summed E-state index contributed by atoms with van der Waals surface area (Å²) in [4.78, 5) is 10.9. The zero-order chi connectivity index (χ0) is 12.3. The molecule has 2 heterocycles. The molecule has 6 heteroatoms. The van der Waals surface area contributed by atoms with Gasteiger partial charge >= 0.3 is 5.97 Å². The smallest absolute Gasteiger partial charge is 0.339 e. The van der Waals surface area contributed by atoms with Crippen LogP contribution in [0.2, 0.25) is 0 Å². The summed E-state index contributed by atoms with van der Waals surface area (Å²) >= 11 is 1.60. The van der Waals surface area contributed by atoms with Crippen LogP contribution in [-0.4, -0.2) is 20.9 Å². The molecule has 0 amide bonds. The van der Waals surface area contributed by atoms with Gasteiger partial charge in [-0.2, -0.15) is 5.10 Å². The number of rotatable bonds is 5. The molecule has 0 aliphatic carbocycles. The first-order valence-electron chi connectivity index (χ1n) is 5.03.